The average molecular weight is 417 g/mol. The normalized spacial score (nSPS) is 14.0. The molecule has 1 heterocycles. The fourth-order valence-electron chi connectivity index (χ4n) is 3.28. The summed E-state index contributed by atoms with van der Waals surface area (Å²) in [6.07, 6.45) is 1.30. The van der Waals surface area contributed by atoms with Crippen molar-refractivity contribution in [3.05, 3.63) is 47.5 Å². The first-order valence-electron chi connectivity index (χ1n) is 9.11. The van der Waals surface area contributed by atoms with Gasteiger partial charge in [-0.2, -0.15) is 0 Å². The minimum atomic E-state index is -3.94. The van der Waals surface area contributed by atoms with Gasteiger partial charge in [0.15, 0.2) is 0 Å². The number of carbonyl (C=O) groups is 2. The molecule has 9 heteroatoms. The number of anilines is 2. The molecule has 1 fully saturated rings. The number of rotatable bonds is 6. The lowest BCUT2D eigenvalue weighted by atomic mass is 10.2. The first kappa shape index (κ1) is 20.7. The Hall–Kier alpha value is -3.07. The summed E-state index contributed by atoms with van der Waals surface area (Å²) < 4.78 is 33.5. The Kier molecular flexibility index (Phi) is 5.78. The van der Waals surface area contributed by atoms with Crippen LogP contribution in [0.15, 0.2) is 41.3 Å². The number of carbonyl (C=O) groups excluding carboxylic acids is 2. The highest BCUT2D eigenvalue weighted by atomic mass is 32.2. The predicted molar refractivity (Wildman–Crippen MR) is 110 cm³/mol. The van der Waals surface area contributed by atoms with Crippen molar-refractivity contribution in [3.8, 4) is 5.75 Å². The smallest absolute Gasteiger partial charge is 0.262 e. The van der Waals surface area contributed by atoms with Crippen LogP contribution in [0, 0.1) is 6.92 Å². The molecule has 154 valence electrons. The zero-order valence-electron chi connectivity index (χ0n) is 16.5. The third-order valence-electron chi connectivity index (χ3n) is 4.78. The lowest BCUT2D eigenvalue weighted by molar-refractivity contribution is -0.117. The van der Waals surface area contributed by atoms with Crippen molar-refractivity contribution >= 4 is 33.2 Å². The van der Waals surface area contributed by atoms with Crippen molar-refractivity contribution in [3.63, 3.8) is 0 Å². The van der Waals surface area contributed by atoms with Crippen LogP contribution in [0.4, 0.5) is 11.4 Å². The van der Waals surface area contributed by atoms with Gasteiger partial charge in [0.1, 0.15) is 5.75 Å². The topological polar surface area (TPSA) is 105 Å². The molecule has 0 aliphatic carbocycles. The van der Waals surface area contributed by atoms with Gasteiger partial charge in [-0.15, -0.1) is 0 Å². The van der Waals surface area contributed by atoms with Gasteiger partial charge < -0.3 is 15.0 Å². The van der Waals surface area contributed by atoms with E-state index in [2.05, 4.69) is 10.0 Å². The number of nitrogens with zero attached hydrogens (tertiary/aromatic N) is 1. The third kappa shape index (κ3) is 4.19. The molecule has 2 aromatic carbocycles. The molecule has 0 atom stereocenters. The maximum absolute atomic E-state index is 12.9. The molecule has 1 aliphatic heterocycles. The number of nitrogens with one attached hydrogen (secondary N) is 2. The Morgan fingerprint density at radius 3 is 2.52 bits per heavy atom. The van der Waals surface area contributed by atoms with E-state index in [9.17, 15) is 18.0 Å². The van der Waals surface area contributed by atoms with E-state index >= 15 is 0 Å². The summed E-state index contributed by atoms with van der Waals surface area (Å²) in [4.78, 5) is 25.6. The minimum absolute atomic E-state index is 0.0394. The number of ether oxygens (including phenoxy) is 1. The lowest BCUT2D eigenvalue weighted by Crippen LogP contribution is -2.24. The van der Waals surface area contributed by atoms with E-state index in [0.29, 0.717) is 29.8 Å². The molecule has 1 aliphatic rings. The van der Waals surface area contributed by atoms with E-state index in [1.54, 1.807) is 24.0 Å². The van der Waals surface area contributed by atoms with E-state index < -0.39 is 10.0 Å². The highest BCUT2D eigenvalue weighted by Crippen LogP contribution is 2.31. The van der Waals surface area contributed by atoms with E-state index in [1.165, 1.54) is 38.4 Å². The summed E-state index contributed by atoms with van der Waals surface area (Å²) in [5.74, 6) is -0.0154. The second-order valence-electron chi connectivity index (χ2n) is 6.70. The molecule has 0 radical (unpaired) electrons. The molecular formula is C20H23N3O5S. The zero-order valence-corrected chi connectivity index (χ0v) is 17.3. The van der Waals surface area contributed by atoms with Crippen molar-refractivity contribution < 1.29 is 22.7 Å². The van der Waals surface area contributed by atoms with Crippen LogP contribution in [0.2, 0.25) is 0 Å². The first-order chi connectivity index (χ1) is 13.8. The number of aryl methyl sites for hydroxylation is 1. The van der Waals surface area contributed by atoms with Crippen molar-refractivity contribution in [2.45, 2.75) is 24.7 Å². The van der Waals surface area contributed by atoms with Crippen molar-refractivity contribution in [1.29, 1.82) is 0 Å². The van der Waals surface area contributed by atoms with Gasteiger partial charge in [0.2, 0.25) is 5.91 Å². The van der Waals surface area contributed by atoms with Crippen LogP contribution in [0.5, 0.6) is 5.75 Å². The van der Waals surface area contributed by atoms with Crippen LogP contribution in [-0.2, 0) is 14.8 Å². The Labute approximate surface area is 169 Å². The monoisotopic (exact) mass is 417 g/mol. The first-order valence-corrected chi connectivity index (χ1v) is 10.6. The van der Waals surface area contributed by atoms with Gasteiger partial charge in [0, 0.05) is 31.3 Å². The quantitative estimate of drug-likeness (QED) is 0.750. The molecule has 2 aromatic rings. The van der Waals surface area contributed by atoms with Crippen LogP contribution in [-0.4, -0.2) is 40.9 Å². The highest BCUT2D eigenvalue weighted by Gasteiger charge is 2.25. The molecule has 3 rings (SSSR count). The maximum Gasteiger partial charge on any atom is 0.262 e. The second-order valence-corrected chi connectivity index (χ2v) is 8.38. The summed E-state index contributed by atoms with van der Waals surface area (Å²) in [5.41, 5.74) is 1.86. The van der Waals surface area contributed by atoms with E-state index in [4.69, 9.17) is 4.74 Å². The van der Waals surface area contributed by atoms with Gasteiger partial charge in [0.05, 0.1) is 17.7 Å². The SMILES string of the molecule is CNC(=O)c1ccc(OC)c(NS(=O)(=O)c2ccc(N3CCCC3=O)c(C)c2)c1. The van der Waals surface area contributed by atoms with Crippen LogP contribution in [0.3, 0.4) is 0 Å². The fourth-order valence-corrected chi connectivity index (χ4v) is 4.42. The molecular weight excluding hydrogens is 394 g/mol. The van der Waals surface area contributed by atoms with Crippen LogP contribution in [0.25, 0.3) is 0 Å². The van der Waals surface area contributed by atoms with Crippen LogP contribution in [0.1, 0.15) is 28.8 Å². The molecule has 1 saturated heterocycles. The Bertz CT molecular complexity index is 1070. The van der Waals surface area contributed by atoms with Gasteiger partial charge in [-0.05, 0) is 55.3 Å². The van der Waals surface area contributed by atoms with Crippen molar-refractivity contribution in [1.82, 2.24) is 5.32 Å². The van der Waals surface area contributed by atoms with Gasteiger partial charge in [-0.1, -0.05) is 0 Å². The molecule has 2 N–H and O–H groups in total. The third-order valence-corrected chi connectivity index (χ3v) is 6.14. The van der Waals surface area contributed by atoms with E-state index in [-0.39, 0.29) is 28.1 Å². The summed E-state index contributed by atoms with van der Waals surface area (Å²) in [7, 11) is -1.03. The van der Waals surface area contributed by atoms with E-state index in [0.717, 1.165) is 6.42 Å². The molecule has 29 heavy (non-hydrogen) atoms. The summed E-state index contributed by atoms with van der Waals surface area (Å²) in [6.45, 7) is 2.40. The maximum atomic E-state index is 12.9. The number of hydrogen-bond acceptors (Lipinski definition) is 5. The largest absolute Gasteiger partial charge is 0.495 e. The van der Waals surface area contributed by atoms with Gasteiger partial charge >= 0.3 is 0 Å². The summed E-state index contributed by atoms with van der Waals surface area (Å²) in [6, 6.07) is 9.12. The van der Waals surface area contributed by atoms with Crippen LogP contribution < -0.4 is 19.7 Å². The highest BCUT2D eigenvalue weighted by molar-refractivity contribution is 7.92. The molecule has 0 unspecified atom stereocenters. The molecule has 0 spiro atoms. The lowest BCUT2D eigenvalue weighted by Gasteiger charge is -2.19. The molecule has 0 bridgehead atoms. The second kappa shape index (κ2) is 8.12. The van der Waals surface area contributed by atoms with Crippen molar-refractivity contribution in [2.75, 3.05) is 30.3 Å². The Morgan fingerprint density at radius 1 is 1.17 bits per heavy atom. The fraction of sp³-hybridized carbons (Fsp3) is 0.300. The van der Waals surface area contributed by atoms with Crippen molar-refractivity contribution in [2.24, 2.45) is 0 Å². The van der Waals surface area contributed by atoms with Crippen LogP contribution >= 0.6 is 0 Å². The van der Waals surface area contributed by atoms with Gasteiger partial charge in [-0.25, -0.2) is 8.42 Å². The minimum Gasteiger partial charge on any atom is -0.495 e. The number of sulfonamides is 1. The Morgan fingerprint density at radius 2 is 1.93 bits per heavy atom. The molecule has 0 saturated carbocycles. The molecule has 2 amide bonds. The Balaban J connectivity index is 1.93. The number of amides is 2. The average Bonchev–Trinajstić information content (AvgIpc) is 3.12. The zero-order chi connectivity index (χ0) is 21.2. The standard InChI is InChI=1S/C20H23N3O5S/c1-13-11-15(7-8-17(13)23-10-4-5-19(23)24)29(26,27)22-16-12-14(20(25)21-2)6-9-18(16)28-3/h6-9,11-12,22H,4-5,10H2,1-3H3,(H,21,25). The summed E-state index contributed by atoms with van der Waals surface area (Å²) >= 11 is 0. The number of benzene rings is 2. The van der Waals surface area contributed by atoms with Gasteiger partial charge in [-0.3, -0.25) is 14.3 Å². The molecule has 8 nitrogen and oxygen atoms in total. The van der Waals surface area contributed by atoms with E-state index in [1.807, 2.05) is 0 Å². The molecule has 0 aromatic heterocycles. The van der Waals surface area contributed by atoms with Gasteiger partial charge in [0.25, 0.3) is 15.9 Å². The number of methoxy groups -OCH3 is 1. The number of hydrogen-bond donors (Lipinski definition) is 2. The summed E-state index contributed by atoms with van der Waals surface area (Å²) in [5, 5.41) is 2.50. The predicted octanol–water partition coefficient (Wildman–Crippen LogP) is 2.29.